The summed E-state index contributed by atoms with van der Waals surface area (Å²) in [6.07, 6.45) is 1.92. The predicted molar refractivity (Wildman–Crippen MR) is 41.4 cm³/mol. The molecule has 0 atom stereocenters. The van der Waals surface area contributed by atoms with Gasteiger partial charge in [0.05, 0.1) is 6.61 Å². The van der Waals surface area contributed by atoms with Gasteiger partial charge in [-0.05, 0) is 0 Å². The summed E-state index contributed by atoms with van der Waals surface area (Å²) in [5, 5.41) is 0. The summed E-state index contributed by atoms with van der Waals surface area (Å²) in [5.41, 5.74) is 0. The molecule has 0 aromatic rings. The Morgan fingerprint density at radius 1 is 1.42 bits per heavy atom. The van der Waals surface area contributed by atoms with Gasteiger partial charge < -0.3 is 4.18 Å². The Balaban J connectivity index is 4.13. The van der Waals surface area contributed by atoms with Gasteiger partial charge in [0.15, 0.2) is 0 Å². The molecule has 0 spiro atoms. The monoisotopic (exact) mass is 192 g/mol. The molecule has 0 aromatic heterocycles. The van der Waals surface area contributed by atoms with E-state index in [2.05, 4.69) is 21.5 Å². The third kappa shape index (κ3) is 4.64. The average Bonchev–Trinajstić information content (AvgIpc) is 2.00. The van der Waals surface area contributed by atoms with E-state index in [0.29, 0.717) is 0 Å². The van der Waals surface area contributed by atoms with E-state index in [9.17, 15) is 13.2 Å². The van der Waals surface area contributed by atoms with Crippen LogP contribution in [0.2, 0.25) is 0 Å². The van der Waals surface area contributed by atoms with Crippen molar-refractivity contribution in [2.45, 2.75) is 0 Å². The van der Waals surface area contributed by atoms with Crippen LogP contribution in [0.15, 0.2) is 25.3 Å². The van der Waals surface area contributed by atoms with Crippen LogP contribution in [0.4, 0.5) is 0 Å². The Labute approximate surface area is 70.6 Å². The highest BCUT2D eigenvalue weighted by atomic mass is 32.3. The fourth-order valence-corrected chi connectivity index (χ4v) is 0.870. The molecule has 6 heteroatoms. The average molecular weight is 192 g/mol. The second-order valence-electron chi connectivity index (χ2n) is 1.59. The second kappa shape index (κ2) is 4.68. The minimum Gasteiger partial charge on any atom is -0.321 e. The molecule has 0 aliphatic carbocycles. The van der Waals surface area contributed by atoms with Crippen molar-refractivity contribution in [3.63, 3.8) is 0 Å². The standard InChI is InChI=1S/C6H8O5S/c1-3-5-10-12(8,9)11-6(7)4-2/h3-4H,1-2,5H2. The molecule has 0 bridgehead atoms. The summed E-state index contributed by atoms with van der Waals surface area (Å²) in [7, 11) is -4.25. The minimum absolute atomic E-state index is 0.243. The van der Waals surface area contributed by atoms with Crippen molar-refractivity contribution < 1.29 is 21.6 Å². The Bertz CT molecular complexity index is 276. The third-order valence-corrected chi connectivity index (χ3v) is 1.47. The van der Waals surface area contributed by atoms with Gasteiger partial charge in [0.2, 0.25) is 0 Å². The molecule has 5 nitrogen and oxygen atoms in total. The number of carbonyl (C=O) groups is 1. The van der Waals surface area contributed by atoms with Crippen LogP contribution in [0, 0.1) is 0 Å². The highest BCUT2D eigenvalue weighted by molar-refractivity contribution is 7.82. The summed E-state index contributed by atoms with van der Waals surface area (Å²) in [4.78, 5) is 10.4. The first-order chi connectivity index (χ1) is 5.52. The lowest BCUT2D eigenvalue weighted by Gasteiger charge is -2.00. The molecule has 0 aliphatic rings. The summed E-state index contributed by atoms with van der Waals surface area (Å²) >= 11 is 0. The first-order valence-electron chi connectivity index (χ1n) is 2.88. The van der Waals surface area contributed by atoms with E-state index in [0.717, 1.165) is 6.08 Å². The van der Waals surface area contributed by atoms with E-state index < -0.39 is 16.4 Å². The van der Waals surface area contributed by atoms with Crippen LogP contribution in [0.1, 0.15) is 0 Å². The number of hydrogen-bond acceptors (Lipinski definition) is 5. The molecule has 0 N–H and O–H groups in total. The van der Waals surface area contributed by atoms with Crippen LogP contribution in [-0.4, -0.2) is 21.0 Å². The van der Waals surface area contributed by atoms with Crippen LogP contribution in [-0.2, 0) is 23.6 Å². The summed E-state index contributed by atoms with van der Waals surface area (Å²) in [6.45, 7) is 5.98. The molecule has 0 saturated carbocycles. The fraction of sp³-hybridized carbons (Fsp3) is 0.167. The molecule has 0 amide bonds. The highest BCUT2D eigenvalue weighted by Gasteiger charge is 2.14. The van der Waals surface area contributed by atoms with Crippen molar-refractivity contribution >= 4 is 16.4 Å². The summed E-state index contributed by atoms with van der Waals surface area (Å²) in [6, 6.07) is 0. The van der Waals surface area contributed by atoms with Gasteiger partial charge in [-0.3, -0.25) is 0 Å². The van der Waals surface area contributed by atoms with Crippen molar-refractivity contribution in [2.24, 2.45) is 0 Å². The maximum atomic E-state index is 10.6. The second-order valence-corrected chi connectivity index (χ2v) is 2.81. The van der Waals surface area contributed by atoms with Gasteiger partial charge in [0.1, 0.15) is 0 Å². The summed E-state index contributed by atoms with van der Waals surface area (Å²) < 4.78 is 29.1. The predicted octanol–water partition coefficient (Wildman–Crippen LogP) is 0.163. The van der Waals surface area contributed by atoms with Gasteiger partial charge in [-0.15, -0.1) is 6.58 Å². The molecule has 0 fully saturated rings. The van der Waals surface area contributed by atoms with Gasteiger partial charge in [0.25, 0.3) is 0 Å². The zero-order valence-electron chi connectivity index (χ0n) is 6.23. The zero-order valence-corrected chi connectivity index (χ0v) is 7.04. The molecule has 0 radical (unpaired) electrons. The van der Waals surface area contributed by atoms with Crippen molar-refractivity contribution in [3.8, 4) is 0 Å². The zero-order chi connectivity index (χ0) is 9.61. The molecule has 0 aromatic carbocycles. The quantitative estimate of drug-likeness (QED) is 0.458. The van der Waals surface area contributed by atoms with Gasteiger partial charge in [-0.25, -0.2) is 8.98 Å². The van der Waals surface area contributed by atoms with Crippen molar-refractivity contribution in [3.05, 3.63) is 25.3 Å². The fourth-order valence-electron chi connectivity index (χ4n) is 0.290. The smallest absolute Gasteiger partial charge is 0.321 e. The third-order valence-electron chi connectivity index (χ3n) is 0.681. The van der Waals surface area contributed by atoms with E-state index in [1.165, 1.54) is 6.08 Å². The van der Waals surface area contributed by atoms with Crippen LogP contribution < -0.4 is 0 Å². The Hall–Kier alpha value is -1.14. The van der Waals surface area contributed by atoms with Gasteiger partial charge in [-0.1, -0.05) is 12.7 Å². The molecule has 0 saturated heterocycles. The lowest BCUT2D eigenvalue weighted by molar-refractivity contribution is -0.129. The normalized spacial score (nSPS) is 10.3. The first kappa shape index (κ1) is 10.9. The topological polar surface area (TPSA) is 69.7 Å². The number of hydrogen-bond donors (Lipinski definition) is 0. The van der Waals surface area contributed by atoms with E-state index >= 15 is 0 Å². The van der Waals surface area contributed by atoms with Crippen LogP contribution in [0.3, 0.4) is 0 Å². The molecule has 0 rings (SSSR count). The lowest BCUT2D eigenvalue weighted by atomic mass is 10.7. The number of rotatable bonds is 5. The molecule has 12 heavy (non-hydrogen) atoms. The van der Waals surface area contributed by atoms with Crippen molar-refractivity contribution in [1.82, 2.24) is 0 Å². The maximum Gasteiger partial charge on any atom is 0.452 e. The molecular weight excluding hydrogens is 184 g/mol. The highest BCUT2D eigenvalue weighted by Crippen LogP contribution is 1.96. The first-order valence-corrected chi connectivity index (χ1v) is 4.21. The Kier molecular flexibility index (Phi) is 4.24. The van der Waals surface area contributed by atoms with Gasteiger partial charge in [-0.2, -0.15) is 8.42 Å². The number of carbonyl (C=O) groups excluding carboxylic acids is 1. The minimum atomic E-state index is -4.25. The molecular formula is C6H8O5S. The molecule has 0 unspecified atom stereocenters. The van der Waals surface area contributed by atoms with Crippen molar-refractivity contribution in [2.75, 3.05) is 6.61 Å². The van der Waals surface area contributed by atoms with E-state index in [4.69, 9.17) is 0 Å². The Morgan fingerprint density at radius 2 is 2.00 bits per heavy atom. The summed E-state index contributed by atoms with van der Waals surface area (Å²) in [5.74, 6) is -1.08. The van der Waals surface area contributed by atoms with E-state index in [1.54, 1.807) is 0 Å². The lowest BCUT2D eigenvalue weighted by Crippen LogP contribution is -2.13. The molecule has 0 aliphatic heterocycles. The largest absolute Gasteiger partial charge is 0.452 e. The maximum absolute atomic E-state index is 10.6. The molecule has 0 heterocycles. The van der Waals surface area contributed by atoms with Gasteiger partial charge >= 0.3 is 16.4 Å². The SMILES string of the molecule is C=CCOS(=O)(=O)OC(=O)C=C. The van der Waals surface area contributed by atoms with Crippen LogP contribution in [0.25, 0.3) is 0 Å². The van der Waals surface area contributed by atoms with Crippen LogP contribution >= 0.6 is 0 Å². The van der Waals surface area contributed by atoms with Gasteiger partial charge in [0, 0.05) is 6.08 Å². The van der Waals surface area contributed by atoms with Crippen LogP contribution in [0.5, 0.6) is 0 Å². The Morgan fingerprint density at radius 3 is 2.42 bits per heavy atom. The van der Waals surface area contributed by atoms with E-state index in [-0.39, 0.29) is 6.61 Å². The van der Waals surface area contributed by atoms with Crippen molar-refractivity contribution in [1.29, 1.82) is 0 Å². The van der Waals surface area contributed by atoms with E-state index in [1.807, 2.05) is 0 Å². The molecule has 68 valence electrons.